The smallest absolute Gasteiger partial charge is 0.408 e. The normalized spacial score (nSPS) is 17.5. The standard InChI is InChI=1S/C20H30N4O4/c1-14(2)11-17(23-20(27)28-13-15-7-4-3-5-8-15)19(26)24-22-12-16-9-6-10-21-18(16)25/h3-5,7-8,14,16-17,22H,6,9-13H2,1-2H3,(H,21,25)(H,23,27)(H,24,26). The third-order valence-electron chi connectivity index (χ3n) is 4.49. The third-order valence-corrected chi connectivity index (χ3v) is 4.49. The van der Waals surface area contributed by atoms with E-state index in [2.05, 4.69) is 21.5 Å². The fourth-order valence-corrected chi connectivity index (χ4v) is 2.99. The van der Waals surface area contributed by atoms with Gasteiger partial charge in [-0.1, -0.05) is 44.2 Å². The summed E-state index contributed by atoms with van der Waals surface area (Å²) >= 11 is 0. The van der Waals surface area contributed by atoms with E-state index in [0.29, 0.717) is 19.5 Å². The second kappa shape index (κ2) is 11.3. The minimum atomic E-state index is -0.726. The Morgan fingerprint density at radius 1 is 1.25 bits per heavy atom. The minimum Gasteiger partial charge on any atom is -0.445 e. The van der Waals surface area contributed by atoms with Gasteiger partial charge >= 0.3 is 6.09 Å². The van der Waals surface area contributed by atoms with Crippen LogP contribution >= 0.6 is 0 Å². The monoisotopic (exact) mass is 390 g/mol. The Morgan fingerprint density at radius 3 is 2.68 bits per heavy atom. The van der Waals surface area contributed by atoms with Crippen LogP contribution in [0.1, 0.15) is 38.7 Å². The Bertz CT molecular complexity index is 651. The highest BCUT2D eigenvalue weighted by molar-refractivity contribution is 5.85. The van der Waals surface area contributed by atoms with Gasteiger partial charge in [0.25, 0.3) is 5.91 Å². The Morgan fingerprint density at radius 2 is 2.00 bits per heavy atom. The maximum Gasteiger partial charge on any atom is 0.408 e. The number of hydrogen-bond acceptors (Lipinski definition) is 5. The van der Waals surface area contributed by atoms with Crippen molar-refractivity contribution in [3.8, 4) is 0 Å². The Balaban J connectivity index is 1.79. The maximum atomic E-state index is 12.5. The van der Waals surface area contributed by atoms with Gasteiger partial charge in [0.1, 0.15) is 12.6 Å². The zero-order chi connectivity index (χ0) is 20.4. The molecule has 0 saturated carbocycles. The van der Waals surface area contributed by atoms with E-state index in [1.165, 1.54) is 0 Å². The number of hydrazine groups is 1. The van der Waals surface area contributed by atoms with E-state index in [0.717, 1.165) is 18.4 Å². The van der Waals surface area contributed by atoms with E-state index in [1.807, 2.05) is 44.2 Å². The van der Waals surface area contributed by atoms with Gasteiger partial charge in [-0.2, -0.15) is 0 Å². The molecule has 0 bridgehead atoms. The Labute approximate surface area is 165 Å². The van der Waals surface area contributed by atoms with E-state index in [1.54, 1.807) is 0 Å². The SMILES string of the molecule is CC(C)CC(NC(=O)OCc1ccccc1)C(=O)NNCC1CCCNC1=O. The van der Waals surface area contributed by atoms with Crippen LogP contribution in [0.4, 0.5) is 4.79 Å². The summed E-state index contributed by atoms with van der Waals surface area (Å²) in [5.41, 5.74) is 6.28. The predicted octanol–water partition coefficient (Wildman–Crippen LogP) is 1.47. The molecule has 1 aliphatic heterocycles. The molecule has 2 atom stereocenters. The van der Waals surface area contributed by atoms with Crippen LogP contribution in [0.3, 0.4) is 0 Å². The van der Waals surface area contributed by atoms with Crippen LogP contribution < -0.4 is 21.5 Å². The second-order valence-corrected chi connectivity index (χ2v) is 7.39. The average molecular weight is 390 g/mol. The Hall–Kier alpha value is -2.61. The summed E-state index contributed by atoms with van der Waals surface area (Å²) in [5.74, 6) is -0.327. The molecule has 1 aliphatic rings. The summed E-state index contributed by atoms with van der Waals surface area (Å²) in [6.07, 6.45) is 1.54. The molecule has 3 amide bonds. The lowest BCUT2D eigenvalue weighted by Crippen LogP contribution is -2.53. The third kappa shape index (κ3) is 7.56. The van der Waals surface area contributed by atoms with Crippen molar-refractivity contribution in [1.82, 2.24) is 21.5 Å². The number of piperidine rings is 1. The molecule has 0 spiro atoms. The van der Waals surface area contributed by atoms with Crippen molar-refractivity contribution in [1.29, 1.82) is 0 Å². The van der Waals surface area contributed by atoms with Crippen molar-refractivity contribution in [2.24, 2.45) is 11.8 Å². The molecule has 1 heterocycles. The van der Waals surface area contributed by atoms with Crippen molar-refractivity contribution in [2.75, 3.05) is 13.1 Å². The molecule has 2 unspecified atom stereocenters. The zero-order valence-corrected chi connectivity index (χ0v) is 16.5. The molecule has 0 radical (unpaired) electrons. The molecule has 8 heteroatoms. The van der Waals surface area contributed by atoms with Gasteiger partial charge in [0.15, 0.2) is 0 Å². The number of hydrogen-bond donors (Lipinski definition) is 4. The molecule has 0 aliphatic carbocycles. The van der Waals surface area contributed by atoms with Gasteiger partial charge in [-0.25, -0.2) is 10.2 Å². The molecule has 1 aromatic carbocycles. The molecule has 1 aromatic rings. The first-order valence-electron chi connectivity index (χ1n) is 9.73. The molecule has 4 N–H and O–H groups in total. The fraction of sp³-hybridized carbons (Fsp3) is 0.550. The van der Waals surface area contributed by atoms with E-state index >= 15 is 0 Å². The highest BCUT2D eigenvalue weighted by Crippen LogP contribution is 2.10. The number of carbonyl (C=O) groups is 3. The van der Waals surface area contributed by atoms with Crippen LogP contribution in [0.15, 0.2) is 30.3 Å². The first-order chi connectivity index (χ1) is 13.5. The van der Waals surface area contributed by atoms with Crippen LogP contribution in [-0.4, -0.2) is 37.0 Å². The maximum absolute atomic E-state index is 12.5. The van der Waals surface area contributed by atoms with Crippen molar-refractivity contribution in [3.05, 3.63) is 35.9 Å². The number of benzene rings is 1. The molecule has 8 nitrogen and oxygen atoms in total. The highest BCUT2D eigenvalue weighted by Gasteiger charge is 2.24. The lowest BCUT2D eigenvalue weighted by molar-refractivity contribution is -0.128. The number of carbonyl (C=O) groups excluding carboxylic acids is 3. The van der Waals surface area contributed by atoms with Crippen molar-refractivity contribution < 1.29 is 19.1 Å². The quantitative estimate of drug-likeness (QED) is 0.478. The van der Waals surface area contributed by atoms with E-state index in [9.17, 15) is 14.4 Å². The summed E-state index contributed by atoms with van der Waals surface area (Å²) in [6, 6.07) is 8.61. The summed E-state index contributed by atoms with van der Waals surface area (Å²) in [7, 11) is 0. The van der Waals surface area contributed by atoms with Gasteiger partial charge < -0.3 is 15.4 Å². The summed E-state index contributed by atoms with van der Waals surface area (Å²) < 4.78 is 5.20. The van der Waals surface area contributed by atoms with Crippen molar-refractivity contribution >= 4 is 17.9 Å². The fourth-order valence-electron chi connectivity index (χ4n) is 2.99. The molecule has 154 valence electrons. The topological polar surface area (TPSA) is 109 Å². The number of rotatable bonds is 9. The predicted molar refractivity (Wildman–Crippen MR) is 105 cm³/mol. The molecule has 0 aromatic heterocycles. The largest absolute Gasteiger partial charge is 0.445 e. The average Bonchev–Trinajstić information content (AvgIpc) is 2.68. The van der Waals surface area contributed by atoms with Crippen LogP contribution in [0.2, 0.25) is 0 Å². The molecular formula is C20H30N4O4. The molecular weight excluding hydrogens is 360 g/mol. The van der Waals surface area contributed by atoms with Crippen LogP contribution in [0.5, 0.6) is 0 Å². The van der Waals surface area contributed by atoms with Crippen molar-refractivity contribution in [2.45, 2.75) is 45.8 Å². The second-order valence-electron chi connectivity index (χ2n) is 7.39. The lowest BCUT2D eigenvalue weighted by Gasteiger charge is -2.23. The molecule has 1 saturated heterocycles. The van der Waals surface area contributed by atoms with Crippen molar-refractivity contribution in [3.63, 3.8) is 0 Å². The van der Waals surface area contributed by atoms with Gasteiger partial charge in [-0.3, -0.25) is 15.0 Å². The first-order valence-corrected chi connectivity index (χ1v) is 9.73. The number of nitrogens with one attached hydrogen (secondary N) is 4. The summed E-state index contributed by atoms with van der Waals surface area (Å²) in [4.78, 5) is 36.3. The van der Waals surface area contributed by atoms with Gasteiger partial charge in [-0.05, 0) is 30.7 Å². The summed E-state index contributed by atoms with van der Waals surface area (Å²) in [5, 5.41) is 5.43. The number of amides is 3. The Kier molecular flexibility index (Phi) is 8.74. The zero-order valence-electron chi connectivity index (χ0n) is 16.5. The van der Waals surface area contributed by atoms with E-state index in [4.69, 9.17) is 4.74 Å². The van der Waals surface area contributed by atoms with Crippen LogP contribution in [-0.2, 0) is 20.9 Å². The first kappa shape index (κ1) is 21.7. The van der Waals surface area contributed by atoms with Gasteiger partial charge in [0.05, 0.1) is 5.92 Å². The number of alkyl carbamates (subject to hydrolysis) is 1. The van der Waals surface area contributed by atoms with Gasteiger partial charge in [0.2, 0.25) is 5.91 Å². The van der Waals surface area contributed by atoms with E-state index in [-0.39, 0.29) is 30.3 Å². The van der Waals surface area contributed by atoms with Crippen LogP contribution in [0.25, 0.3) is 0 Å². The van der Waals surface area contributed by atoms with Gasteiger partial charge in [0, 0.05) is 13.1 Å². The number of ether oxygens (including phenoxy) is 1. The lowest BCUT2D eigenvalue weighted by atomic mass is 9.99. The molecule has 28 heavy (non-hydrogen) atoms. The highest BCUT2D eigenvalue weighted by atomic mass is 16.5. The van der Waals surface area contributed by atoms with Gasteiger partial charge in [-0.15, -0.1) is 0 Å². The van der Waals surface area contributed by atoms with Crippen LogP contribution in [0, 0.1) is 11.8 Å². The summed E-state index contributed by atoms with van der Waals surface area (Å²) in [6.45, 7) is 5.13. The molecule has 2 rings (SSSR count). The molecule has 1 fully saturated rings. The minimum absolute atomic E-state index is 0.00524. The van der Waals surface area contributed by atoms with E-state index < -0.39 is 12.1 Å².